The summed E-state index contributed by atoms with van der Waals surface area (Å²) in [6.07, 6.45) is -0.328. The van der Waals surface area contributed by atoms with Crippen LogP contribution < -0.4 is 0 Å². The number of carbonyl (C=O) groups is 3. The molecule has 1 fully saturated rings. The van der Waals surface area contributed by atoms with Gasteiger partial charge in [0.2, 0.25) is 0 Å². The average molecular weight is 410 g/mol. The number of hydrogen-bond donors (Lipinski definition) is 4. The van der Waals surface area contributed by atoms with Gasteiger partial charge in [-0.2, -0.15) is 0 Å². The number of phosphoric acid groups is 1. The molecule has 4 atom stereocenters. The number of hydrogen-bond acceptors (Lipinski definition) is 7. The molecule has 0 radical (unpaired) electrons. The van der Waals surface area contributed by atoms with Gasteiger partial charge in [0, 0.05) is 0 Å². The molecular weight excluding hydrogens is 383 g/mol. The fourth-order valence-corrected chi connectivity index (χ4v) is 3.65. The topological polar surface area (TPSA) is 168 Å². The zero-order chi connectivity index (χ0) is 21.0. The molecule has 4 unspecified atom stereocenters. The average Bonchev–Trinajstić information content (AvgIpc) is 2.43. The molecule has 1 rings (SSSR count). The van der Waals surface area contributed by atoms with Crippen molar-refractivity contribution in [3.63, 3.8) is 0 Å². The fourth-order valence-electron chi connectivity index (χ4n) is 3.32. The highest BCUT2D eigenvalue weighted by atomic mass is 31.2. The first-order valence-electron chi connectivity index (χ1n) is 8.66. The van der Waals surface area contributed by atoms with Crippen molar-refractivity contribution in [2.24, 2.45) is 17.8 Å². The van der Waals surface area contributed by atoms with E-state index in [1.807, 2.05) is 20.8 Å². The van der Waals surface area contributed by atoms with Gasteiger partial charge in [0.1, 0.15) is 6.10 Å². The Balaban J connectivity index is 2.80. The van der Waals surface area contributed by atoms with Crippen molar-refractivity contribution in [2.45, 2.75) is 64.6 Å². The van der Waals surface area contributed by atoms with Crippen molar-refractivity contribution in [3.8, 4) is 0 Å². The van der Waals surface area contributed by atoms with E-state index < -0.39 is 50.3 Å². The highest BCUT2D eigenvalue weighted by Crippen LogP contribution is 2.38. The van der Waals surface area contributed by atoms with Crippen LogP contribution in [0.3, 0.4) is 0 Å². The van der Waals surface area contributed by atoms with Crippen LogP contribution in [0.1, 0.15) is 52.9 Å². The highest BCUT2D eigenvalue weighted by molar-refractivity contribution is 7.46. The van der Waals surface area contributed by atoms with Crippen molar-refractivity contribution in [3.05, 3.63) is 0 Å². The molecule has 27 heavy (non-hydrogen) atoms. The summed E-state index contributed by atoms with van der Waals surface area (Å²) in [4.78, 5) is 52.1. The number of carboxylic acids is 1. The van der Waals surface area contributed by atoms with Crippen LogP contribution in [0.15, 0.2) is 0 Å². The van der Waals surface area contributed by atoms with Crippen molar-refractivity contribution in [1.82, 2.24) is 0 Å². The summed E-state index contributed by atoms with van der Waals surface area (Å²) in [6.45, 7) is 6.00. The number of ether oxygens (including phenoxy) is 1. The lowest BCUT2D eigenvalue weighted by molar-refractivity contribution is -0.175. The fraction of sp³-hybridized carbons (Fsp3) is 0.812. The lowest BCUT2D eigenvalue weighted by Crippen LogP contribution is -2.44. The third kappa shape index (κ3) is 7.57. The van der Waals surface area contributed by atoms with Gasteiger partial charge >= 0.3 is 25.7 Å². The maximum absolute atomic E-state index is 12.2. The van der Waals surface area contributed by atoms with E-state index in [1.165, 1.54) is 0 Å². The van der Waals surface area contributed by atoms with Gasteiger partial charge in [-0.25, -0.2) is 9.36 Å². The van der Waals surface area contributed by atoms with Crippen molar-refractivity contribution >= 4 is 25.7 Å². The normalized spacial score (nSPS) is 25.5. The number of aliphatic carboxylic acids is 1. The van der Waals surface area contributed by atoms with Crippen LogP contribution in [-0.4, -0.2) is 49.6 Å². The van der Waals surface area contributed by atoms with Crippen LogP contribution in [0.25, 0.3) is 0 Å². The Labute approximate surface area is 157 Å². The van der Waals surface area contributed by atoms with Crippen molar-refractivity contribution in [2.75, 3.05) is 0 Å². The molecule has 0 aliphatic heterocycles. The Hall–Kier alpha value is -1.48. The predicted molar refractivity (Wildman–Crippen MR) is 91.2 cm³/mol. The van der Waals surface area contributed by atoms with Crippen molar-refractivity contribution in [1.29, 1.82) is 0 Å². The summed E-state index contributed by atoms with van der Waals surface area (Å²) < 4.78 is 19.8. The largest absolute Gasteiger partial charge is 0.526 e. The number of carbonyl (C=O) groups excluding carboxylic acids is 2. The minimum absolute atomic E-state index is 0.0997. The molecule has 1 aliphatic rings. The zero-order valence-electron chi connectivity index (χ0n) is 15.5. The maximum Gasteiger partial charge on any atom is 0.526 e. The van der Waals surface area contributed by atoms with Gasteiger partial charge in [0.25, 0.3) is 0 Å². The molecule has 1 saturated carbocycles. The number of carboxylic acid groups (broad SMARTS) is 1. The lowest BCUT2D eigenvalue weighted by atomic mass is 9.75. The molecule has 156 valence electrons. The second kappa shape index (κ2) is 9.14. The Morgan fingerprint density at radius 1 is 1.15 bits per heavy atom. The molecule has 1 aliphatic carbocycles. The molecule has 0 aromatic heterocycles. The van der Waals surface area contributed by atoms with Crippen LogP contribution in [0, 0.1) is 17.8 Å². The smallest absolute Gasteiger partial charge is 0.479 e. The first kappa shape index (κ1) is 23.6. The zero-order valence-corrected chi connectivity index (χ0v) is 16.4. The minimum Gasteiger partial charge on any atom is -0.479 e. The Kier molecular flexibility index (Phi) is 7.98. The Bertz CT molecular complexity index is 612. The van der Waals surface area contributed by atoms with E-state index >= 15 is 0 Å². The second-order valence-corrected chi connectivity index (χ2v) is 8.66. The van der Waals surface area contributed by atoms with E-state index in [0.717, 1.165) is 12.8 Å². The summed E-state index contributed by atoms with van der Waals surface area (Å²) in [7, 11) is -5.20. The molecule has 0 bridgehead atoms. The third-order valence-electron chi connectivity index (χ3n) is 4.74. The maximum atomic E-state index is 12.2. The van der Waals surface area contributed by atoms with E-state index in [9.17, 15) is 24.1 Å². The molecule has 4 N–H and O–H groups in total. The monoisotopic (exact) mass is 410 g/mol. The summed E-state index contributed by atoms with van der Waals surface area (Å²) in [5, 5.41) is 19.3. The number of phosphoric ester groups is 1. The summed E-state index contributed by atoms with van der Waals surface area (Å²) in [5.41, 5.74) is -2.89. The van der Waals surface area contributed by atoms with Gasteiger partial charge in [0.05, 0.1) is 12.8 Å². The van der Waals surface area contributed by atoms with Gasteiger partial charge in [-0.1, -0.05) is 27.2 Å². The summed E-state index contributed by atoms with van der Waals surface area (Å²) in [5.74, 6) is -3.88. The molecule has 0 aromatic carbocycles. The molecule has 0 spiro atoms. The Morgan fingerprint density at radius 2 is 1.70 bits per heavy atom. The lowest BCUT2D eigenvalue weighted by Gasteiger charge is -2.37. The summed E-state index contributed by atoms with van der Waals surface area (Å²) in [6, 6.07) is 0. The predicted octanol–water partition coefficient (Wildman–Crippen LogP) is 1.22. The molecule has 0 heterocycles. The van der Waals surface area contributed by atoms with Gasteiger partial charge < -0.3 is 19.5 Å². The third-order valence-corrected chi connectivity index (χ3v) is 5.18. The SMILES string of the molecule is CC1CCC(C(C)C)C(OC(=O)CC(O)(CC(=O)OP(=O)(O)O)C(=O)O)C1. The van der Waals surface area contributed by atoms with E-state index in [4.69, 9.17) is 19.6 Å². The minimum atomic E-state index is -5.20. The standard InChI is InChI=1S/C16H27O10P/c1-9(2)11-5-4-10(3)6-12(11)25-13(17)7-16(21,15(19)20)8-14(18)26-27(22,23)24/h9-12,21H,4-8H2,1-3H3,(H,19,20)(H2,22,23,24). The molecule has 0 aromatic rings. The highest BCUT2D eigenvalue weighted by Gasteiger charge is 2.44. The molecule has 0 saturated heterocycles. The van der Waals surface area contributed by atoms with E-state index in [1.54, 1.807) is 0 Å². The number of rotatable bonds is 8. The van der Waals surface area contributed by atoms with Crippen LogP contribution in [0.5, 0.6) is 0 Å². The van der Waals surface area contributed by atoms with Crippen LogP contribution in [0.4, 0.5) is 0 Å². The number of aliphatic hydroxyl groups is 1. The molecule has 10 nitrogen and oxygen atoms in total. The van der Waals surface area contributed by atoms with E-state index in [0.29, 0.717) is 12.3 Å². The van der Waals surface area contributed by atoms with Gasteiger partial charge in [0.15, 0.2) is 5.60 Å². The molecule has 0 amide bonds. The summed E-state index contributed by atoms with van der Waals surface area (Å²) >= 11 is 0. The van der Waals surface area contributed by atoms with Gasteiger partial charge in [-0.15, -0.1) is 0 Å². The molecular formula is C16H27O10P. The van der Waals surface area contributed by atoms with Crippen LogP contribution in [-0.2, 0) is 28.2 Å². The van der Waals surface area contributed by atoms with Crippen LogP contribution >= 0.6 is 7.82 Å². The quantitative estimate of drug-likeness (QED) is 0.337. The van der Waals surface area contributed by atoms with Gasteiger partial charge in [-0.05, 0) is 30.6 Å². The number of esters is 1. The van der Waals surface area contributed by atoms with Gasteiger partial charge in [-0.3, -0.25) is 19.4 Å². The molecule has 11 heteroatoms. The van der Waals surface area contributed by atoms with E-state index in [2.05, 4.69) is 4.52 Å². The second-order valence-electron chi connectivity index (χ2n) is 7.50. The van der Waals surface area contributed by atoms with Crippen LogP contribution in [0.2, 0.25) is 0 Å². The van der Waals surface area contributed by atoms with Crippen molar-refractivity contribution < 1.29 is 48.2 Å². The van der Waals surface area contributed by atoms with E-state index in [-0.39, 0.29) is 11.8 Å². The first-order valence-corrected chi connectivity index (χ1v) is 10.2. The first-order chi connectivity index (χ1) is 12.2. The Morgan fingerprint density at radius 3 is 2.19 bits per heavy atom.